The zero-order chi connectivity index (χ0) is 15.2. The fraction of sp³-hybridized carbons (Fsp3) is 0.706. The van der Waals surface area contributed by atoms with Crippen LogP contribution in [0, 0.1) is 5.92 Å². The van der Waals surface area contributed by atoms with Gasteiger partial charge in [0.15, 0.2) is 0 Å². The van der Waals surface area contributed by atoms with Crippen molar-refractivity contribution in [2.75, 3.05) is 31.1 Å². The van der Waals surface area contributed by atoms with E-state index >= 15 is 0 Å². The number of carbonyl (C=O) groups excluding carboxylic acids is 1. The Balaban J connectivity index is 1.34. The molecule has 2 aliphatic heterocycles. The molecule has 0 aromatic carbocycles. The van der Waals surface area contributed by atoms with Gasteiger partial charge in [0.25, 0.3) is 0 Å². The lowest BCUT2D eigenvalue weighted by atomic mass is 9.94. The molecule has 2 saturated heterocycles. The van der Waals surface area contributed by atoms with Gasteiger partial charge in [-0.3, -0.25) is 4.79 Å². The molecule has 1 aromatic rings. The number of thioether (sulfide) groups is 1. The van der Waals surface area contributed by atoms with E-state index in [2.05, 4.69) is 27.4 Å². The SMILES string of the molecule is O=C(Cc1ccsc1)NCC1CCN(C2CCSCC2)CC1. The molecule has 1 N–H and O–H groups in total. The summed E-state index contributed by atoms with van der Waals surface area (Å²) in [6, 6.07) is 2.86. The fourth-order valence-electron chi connectivity index (χ4n) is 3.47. The number of likely N-dealkylation sites (tertiary alicyclic amines) is 1. The number of hydrogen-bond acceptors (Lipinski definition) is 4. The number of carbonyl (C=O) groups is 1. The van der Waals surface area contributed by atoms with E-state index in [1.54, 1.807) is 11.3 Å². The zero-order valence-electron chi connectivity index (χ0n) is 13.1. The Kier molecular flexibility index (Phi) is 6.21. The Morgan fingerprint density at radius 3 is 2.68 bits per heavy atom. The molecule has 2 aliphatic rings. The van der Waals surface area contributed by atoms with Crippen molar-refractivity contribution in [3.8, 4) is 0 Å². The molecule has 0 bridgehead atoms. The zero-order valence-corrected chi connectivity index (χ0v) is 14.8. The van der Waals surface area contributed by atoms with Crippen molar-refractivity contribution in [1.82, 2.24) is 10.2 Å². The third-order valence-electron chi connectivity index (χ3n) is 4.89. The standard InChI is InChI=1S/C17H26N2OS2/c20-17(11-15-3-8-22-13-15)18-12-14-1-6-19(7-2-14)16-4-9-21-10-5-16/h3,8,13-14,16H,1-2,4-7,9-12H2,(H,18,20). The maximum atomic E-state index is 11.9. The molecule has 2 fully saturated rings. The van der Waals surface area contributed by atoms with E-state index in [1.165, 1.54) is 50.3 Å². The van der Waals surface area contributed by atoms with Gasteiger partial charge in [-0.15, -0.1) is 0 Å². The molecule has 0 unspecified atom stereocenters. The van der Waals surface area contributed by atoms with Crippen LogP contribution in [-0.4, -0.2) is 48.0 Å². The van der Waals surface area contributed by atoms with Crippen molar-refractivity contribution < 1.29 is 4.79 Å². The van der Waals surface area contributed by atoms with E-state index in [4.69, 9.17) is 0 Å². The van der Waals surface area contributed by atoms with Gasteiger partial charge >= 0.3 is 0 Å². The number of piperidine rings is 1. The van der Waals surface area contributed by atoms with Gasteiger partial charge in [-0.2, -0.15) is 23.1 Å². The highest BCUT2D eigenvalue weighted by Crippen LogP contribution is 2.26. The van der Waals surface area contributed by atoms with Crippen LogP contribution >= 0.6 is 23.1 Å². The molecule has 122 valence electrons. The Labute approximate surface area is 141 Å². The predicted octanol–water partition coefficient (Wildman–Crippen LogP) is 3.01. The van der Waals surface area contributed by atoms with Gasteiger partial charge in [0.1, 0.15) is 0 Å². The highest BCUT2D eigenvalue weighted by atomic mass is 32.2. The molecule has 0 radical (unpaired) electrons. The summed E-state index contributed by atoms with van der Waals surface area (Å²) < 4.78 is 0. The van der Waals surface area contributed by atoms with Crippen LogP contribution in [0.25, 0.3) is 0 Å². The van der Waals surface area contributed by atoms with Crippen molar-refractivity contribution in [3.63, 3.8) is 0 Å². The maximum absolute atomic E-state index is 11.9. The maximum Gasteiger partial charge on any atom is 0.224 e. The number of nitrogens with zero attached hydrogens (tertiary/aromatic N) is 1. The van der Waals surface area contributed by atoms with E-state index in [-0.39, 0.29) is 5.91 Å². The minimum atomic E-state index is 0.171. The average molecular weight is 339 g/mol. The van der Waals surface area contributed by atoms with Crippen molar-refractivity contribution in [3.05, 3.63) is 22.4 Å². The van der Waals surface area contributed by atoms with Crippen LogP contribution in [0.1, 0.15) is 31.2 Å². The molecule has 1 aromatic heterocycles. The van der Waals surface area contributed by atoms with Crippen LogP contribution in [-0.2, 0) is 11.2 Å². The highest BCUT2D eigenvalue weighted by Gasteiger charge is 2.26. The van der Waals surface area contributed by atoms with Crippen LogP contribution in [0.3, 0.4) is 0 Å². The van der Waals surface area contributed by atoms with Crippen molar-refractivity contribution in [2.24, 2.45) is 5.92 Å². The van der Waals surface area contributed by atoms with E-state index in [0.717, 1.165) is 18.2 Å². The van der Waals surface area contributed by atoms with E-state index in [9.17, 15) is 4.79 Å². The first-order valence-electron chi connectivity index (χ1n) is 8.41. The van der Waals surface area contributed by atoms with Gasteiger partial charge in [-0.1, -0.05) is 0 Å². The largest absolute Gasteiger partial charge is 0.356 e. The Bertz CT molecular complexity index is 449. The quantitative estimate of drug-likeness (QED) is 0.896. The first-order valence-corrected chi connectivity index (χ1v) is 10.5. The molecular formula is C17H26N2OS2. The van der Waals surface area contributed by atoms with Gasteiger partial charge in [0, 0.05) is 12.6 Å². The lowest BCUT2D eigenvalue weighted by Gasteiger charge is -2.39. The number of thiophene rings is 1. The number of hydrogen-bond donors (Lipinski definition) is 1. The Morgan fingerprint density at radius 2 is 2.00 bits per heavy atom. The van der Waals surface area contributed by atoms with Crippen LogP contribution < -0.4 is 5.32 Å². The summed E-state index contributed by atoms with van der Waals surface area (Å²) in [5, 5.41) is 7.21. The smallest absolute Gasteiger partial charge is 0.224 e. The third kappa shape index (κ3) is 4.74. The van der Waals surface area contributed by atoms with E-state index in [0.29, 0.717) is 12.3 Å². The molecule has 0 aliphatic carbocycles. The lowest BCUT2D eigenvalue weighted by Crippen LogP contribution is -2.45. The van der Waals surface area contributed by atoms with Gasteiger partial charge < -0.3 is 10.2 Å². The third-order valence-corrected chi connectivity index (χ3v) is 6.67. The van der Waals surface area contributed by atoms with Gasteiger partial charge in [-0.25, -0.2) is 0 Å². The first-order chi connectivity index (χ1) is 10.8. The average Bonchev–Trinajstić information content (AvgIpc) is 3.07. The molecular weight excluding hydrogens is 312 g/mol. The van der Waals surface area contributed by atoms with Crippen molar-refractivity contribution >= 4 is 29.0 Å². The van der Waals surface area contributed by atoms with Crippen LogP contribution in [0.4, 0.5) is 0 Å². The summed E-state index contributed by atoms with van der Waals surface area (Å²) in [4.78, 5) is 14.6. The van der Waals surface area contributed by atoms with Crippen molar-refractivity contribution in [1.29, 1.82) is 0 Å². The van der Waals surface area contributed by atoms with Crippen LogP contribution in [0.5, 0.6) is 0 Å². The summed E-state index contributed by atoms with van der Waals surface area (Å²) in [7, 11) is 0. The van der Waals surface area contributed by atoms with Gasteiger partial charge in [0.05, 0.1) is 6.42 Å². The summed E-state index contributed by atoms with van der Waals surface area (Å²) in [5.41, 5.74) is 1.13. The number of amides is 1. The van der Waals surface area contributed by atoms with Gasteiger partial charge in [0.2, 0.25) is 5.91 Å². The minimum absolute atomic E-state index is 0.171. The Morgan fingerprint density at radius 1 is 1.23 bits per heavy atom. The fourth-order valence-corrected chi connectivity index (χ4v) is 5.22. The summed E-state index contributed by atoms with van der Waals surface area (Å²) in [6.07, 6.45) is 5.74. The van der Waals surface area contributed by atoms with Crippen LogP contribution in [0.2, 0.25) is 0 Å². The molecule has 1 amide bonds. The molecule has 0 spiro atoms. The second-order valence-electron chi connectivity index (χ2n) is 6.44. The second-order valence-corrected chi connectivity index (χ2v) is 8.44. The second kappa shape index (κ2) is 8.37. The first kappa shape index (κ1) is 16.3. The summed E-state index contributed by atoms with van der Waals surface area (Å²) >= 11 is 3.76. The minimum Gasteiger partial charge on any atom is -0.356 e. The molecule has 5 heteroatoms. The normalized spacial score (nSPS) is 21.8. The summed E-state index contributed by atoms with van der Waals surface area (Å²) in [6.45, 7) is 3.30. The molecule has 22 heavy (non-hydrogen) atoms. The molecule has 3 nitrogen and oxygen atoms in total. The lowest BCUT2D eigenvalue weighted by molar-refractivity contribution is -0.120. The molecule has 0 atom stereocenters. The predicted molar refractivity (Wildman–Crippen MR) is 95.7 cm³/mol. The number of rotatable bonds is 5. The topological polar surface area (TPSA) is 32.3 Å². The monoisotopic (exact) mass is 338 g/mol. The van der Waals surface area contributed by atoms with E-state index in [1.807, 2.05) is 11.4 Å². The molecule has 3 rings (SSSR count). The highest BCUT2D eigenvalue weighted by molar-refractivity contribution is 7.99. The summed E-state index contributed by atoms with van der Waals surface area (Å²) in [5.74, 6) is 3.51. The Hall–Kier alpha value is -0.520. The van der Waals surface area contributed by atoms with Crippen LogP contribution in [0.15, 0.2) is 16.8 Å². The number of nitrogens with one attached hydrogen (secondary N) is 1. The molecule has 3 heterocycles. The molecule has 0 saturated carbocycles. The van der Waals surface area contributed by atoms with E-state index < -0.39 is 0 Å². The van der Waals surface area contributed by atoms with Gasteiger partial charge in [-0.05, 0) is 78.6 Å². The van der Waals surface area contributed by atoms with Crippen molar-refractivity contribution in [2.45, 2.75) is 38.1 Å².